The lowest BCUT2D eigenvalue weighted by atomic mass is 10.0. The second-order valence-electron chi connectivity index (χ2n) is 9.30. The van der Waals surface area contributed by atoms with Gasteiger partial charge in [-0.05, 0) is 37.0 Å². The van der Waals surface area contributed by atoms with Crippen LogP contribution in [-0.4, -0.2) is 54.0 Å². The molecule has 1 heterocycles. The number of aryl methyl sites for hydroxylation is 1. The van der Waals surface area contributed by atoms with Gasteiger partial charge in [-0.25, -0.2) is 0 Å². The van der Waals surface area contributed by atoms with Gasteiger partial charge in [0.05, 0.1) is 6.61 Å². The molecule has 1 aliphatic rings. The molecule has 2 atom stereocenters. The molecular formula is C30H36N2O2. The minimum atomic E-state index is -0.0732. The predicted molar refractivity (Wildman–Crippen MR) is 138 cm³/mol. The first-order valence-corrected chi connectivity index (χ1v) is 12.4. The fraction of sp³-hybridized carbons (Fsp3) is 0.367. The Bertz CT molecular complexity index is 970. The van der Waals surface area contributed by atoms with E-state index in [1.54, 1.807) is 0 Å². The highest BCUT2D eigenvalue weighted by Crippen LogP contribution is 2.26. The summed E-state index contributed by atoms with van der Waals surface area (Å²) in [6, 6.07) is 31.6. The summed E-state index contributed by atoms with van der Waals surface area (Å²) >= 11 is 0. The average molecular weight is 457 g/mol. The topological polar surface area (TPSA) is 32.8 Å². The van der Waals surface area contributed by atoms with E-state index in [4.69, 9.17) is 4.74 Å². The van der Waals surface area contributed by atoms with Crippen molar-refractivity contribution in [1.29, 1.82) is 0 Å². The second-order valence-corrected chi connectivity index (χ2v) is 9.30. The van der Waals surface area contributed by atoms with Gasteiger partial charge in [-0.3, -0.25) is 9.69 Å². The molecular weight excluding hydrogens is 420 g/mol. The molecule has 1 fully saturated rings. The lowest BCUT2D eigenvalue weighted by Crippen LogP contribution is -2.58. The monoisotopic (exact) mass is 456 g/mol. The number of nitrogens with zero attached hydrogens (tertiary/aromatic N) is 2. The van der Waals surface area contributed by atoms with Crippen molar-refractivity contribution < 1.29 is 9.53 Å². The van der Waals surface area contributed by atoms with Gasteiger partial charge in [0, 0.05) is 38.1 Å². The molecule has 0 spiro atoms. The van der Waals surface area contributed by atoms with Crippen molar-refractivity contribution in [2.24, 2.45) is 0 Å². The first-order valence-electron chi connectivity index (χ1n) is 12.4. The largest absolute Gasteiger partial charge is 0.367 e. The lowest BCUT2D eigenvalue weighted by molar-refractivity contribution is -0.137. The van der Waals surface area contributed by atoms with Gasteiger partial charge in [0.25, 0.3) is 0 Å². The molecule has 178 valence electrons. The maximum atomic E-state index is 12.9. The first-order chi connectivity index (χ1) is 16.6. The van der Waals surface area contributed by atoms with E-state index < -0.39 is 0 Å². The molecule has 4 rings (SSSR count). The van der Waals surface area contributed by atoms with E-state index in [2.05, 4.69) is 84.3 Å². The van der Waals surface area contributed by atoms with Gasteiger partial charge < -0.3 is 9.64 Å². The van der Waals surface area contributed by atoms with Crippen LogP contribution in [0.1, 0.15) is 43.1 Å². The molecule has 0 bridgehead atoms. The molecule has 4 heteroatoms. The summed E-state index contributed by atoms with van der Waals surface area (Å²) in [6.07, 6.45) is 1.30. The summed E-state index contributed by atoms with van der Waals surface area (Å²) in [4.78, 5) is 17.5. The zero-order valence-corrected chi connectivity index (χ0v) is 20.3. The molecule has 1 saturated heterocycles. The molecule has 0 N–H and O–H groups in total. The minimum absolute atomic E-state index is 0.0732. The fourth-order valence-electron chi connectivity index (χ4n) is 4.83. The minimum Gasteiger partial charge on any atom is -0.367 e. The molecule has 3 aromatic carbocycles. The number of ether oxygens (including phenoxy) is 1. The number of amides is 1. The molecule has 0 aliphatic carbocycles. The van der Waals surface area contributed by atoms with Gasteiger partial charge in [0.15, 0.2) is 0 Å². The highest BCUT2D eigenvalue weighted by Gasteiger charge is 2.31. The number of hydrogen-bond acceptors (Lipinski definition) is 3. The highest BCUT2D eigenvalue weighted by atomic mass is 16.5. The van der Waals surface area contributed by atoms with Crippen molar-refractivity contribution in [3.05, 3.63) is 108 Å². The maximum Gasteiger partial charge on any atom is 0.223 e. The Kier molecular flexibility index (Phi) is 8.51. The van der Waals surface area contributed by atoms with Crippen molar-refractivity contribution in [2.45, 2.75) is 44.9 Å². The standard InChI is InChI=1S/C30H36N2O2/c1-24-23-32(29(33)19-18-26-12-6-3-7-13-26)25(2)22-31(24)20-21-34-30(27-14-8-4-9-15-27)28-16-10-5-11-17-28/h3-17,24-25,30H,18-23H2,1-2H3/t24-,25+/m0/s1. The van der Waals surface area contributed by atoms with E-state index in [-0.39, 0.29) is 18.1 Å². The summed E-state index contributed by atoms with van der Waals surface area (Å²) in [5, 5.41) is 0. The third-order valence-electron chi connectivity index (χ3n) is 6.77. The molecule has 3 aromatic rings. The van der Waals surface area contributed by atoms with Gasteiger partial charge in [0.2, 0.25) is 5.91 Å². The van der Waals surface area contributed by atoms with Crippen LogP contribution in [0.2, 0.25) is 0 Å². The number of hydrogen-bond donors (Lipinski definition) is 0. The summed E-state index contributed by atoms with van der Waals surface area (Å²) in [7, 11) is 0. The third-order valence-corrected chi connectivity index (χ3v) is 6.77. The van der Waals surface area contributed by atoms with Gasteiger partial charge in [-0.2, -0.15) is 0 Å². The van der Waals surface area contributed by atoms with Crippen molar-refractivity contribution in [1.82, 2.24) is 9.80 Å². The van der Waals surface area contributed by atoms with Crippen molar-refractivity contribution in [2.75, 3.05) is 26.2 Å². The Morgan fingerprint density at radius 3 is 1.97 bits per heavy atom. The van der Waals surface area contributed by atoms with Gasteiger partial charge >= 0.3 is 0 Å². The van der Waals surface area contributed by atoms with Gasteiger partial charge in [-0.1, -0.05) is 91.0 Å². The van der Waals surface area contributed by atoms with Crippen LogP contribution >= 0.6 is 0 Å². The van der Waals surface area contributed by atoms with E-state index in [1.807, 2.05) is 30.3 Å². The SMILES string of the molecule is C[C@@H]1CN(CCOC(c2ccccc2)c2ccccc2)[C@@H](C)CN1C(=O)CCc1ccccc1. The van der Waals surface area contributed by atoms with Crippen LogP contribution in [0.15, 0.2) is 91.0 Å². The van der Waals surface area contributed by atoms with E-state index in [1.165, 1.54) is 16.7 Å². The van der Waals surface area contributed by atoms with E-state index in [0.29, 0.717) is 19.1 Å². The molecule has 1 amide bonds. The van der Waals surface area contributed by atoms with Crippen LogP contribution in [-0.2, 0) is 16.0 Å². The quantitative estimate of drug-likeness (QED) is 0.435. The van der Waals surface area contributed by atoms with Crippen LogP contribution in [0.25, 0.3) is 0 Å². The van der Waals surface area contributed by atoms with Crippen LogP contribution < -0.4 is 0 Å². The highest BCUT2D eigenvalue weighted by molar-refractivity contribution is 5.77. The van der Waals surface area contributed by atoms with Gasteiger partial charge in [0.1, 0.15) is 6.10 Å². The summed E-state index contributed by atoms with van der Waals surface area (Å²) < 4.78 is 6.44. The number of rotatable bonds is 9. The van der Waals surface area contributed by atoms with Crippen molar-refractivity contribution in [3.63, 3.8) is 0 Å². The van der Waals surface area contributed by atoms with Crippen LogP contribution in [0.3, 0.4) is 0 Å². The Morgan fingerprint density at radius 2 is 1.38 bits per heavy atom. The van der Waals surface area contributed by atoms with Crippen molar-refractivity contribution in [3.8, 4) is 0 Å². The molecule has 0 saturated carbocycles. The maximum absolute atomic E-state index is 12.9. The van der Waals surface area contributed by atoms with Crippen LogP contribution in [0.5, 0.6) is 0 Å². The third kappa shape index (κ3) is 6.34. The van der Waals surface area contributed by atoms with Crippen LogP contribution in [0, 0.1) is 0 Å². The predicted octanol–water partition coefficient (Wildman–Crippen LogP) is 5.35. The fourth-order valence-corrected chi connectivity index (χ4v) is 4.83. The molecule has 0 unspecified atom stereocenters. The molecule has 0 aromatic heterocycles. The average Bonchev–Trinajstić information content (AvgIpc) is 2.88. The zero-order valence-electron chi connectivity index (χ0n) is 20.3. The number of piperazine rings is 1. The van der Waals surface area contributed by atoms with Crippen LogP contribution in [0.4, 0.5) is 0 Å². The Hall–Kier alpha value is -2.95. The summed E-state index contributed by atoms with van der Waals surface area (Å²) in [5.41, 5.74) is 3.56. The number of carbonyl (C=O) groups excluding carboxylic acids is 1. The van der Waals surface area contributed by atoms with E-state index in [0.717, 1.165) is 26.1 Å². The normalized spacial score (nSPS) is 18.9. The van der Waals surface area contributed by atoms with Crippen molar-refractivity contribution >= 4 is 5.91 Å². The number of carbonyl (C=O) groups is 1. The zero-order chi connectivity index (χ0) is 23.8. The Morgan fingerprint density at radius 1 is 0.824 bits per heavy atom. The summed E-state index contributed by atoms with van der Waals surface area (Å²) in [5.74, 6) is 0.257. The molecule has 1 aliphatic heterocycles. The Balaban J connectivity index is 1.30. The summed E-state index contributed by atoms with van der Waals surface area (Å²) in [6.45, 7) is 7.53. The molecule has 0 radical (unpaired) electrons. The molecule has 34 heavy (non-hydrogen) atoms. The molecule has 4 nitrogen and oxygen atoms in total. The van der Waals surface area contributed by atoms with Gasteiger partial charge in [-0.15, -0.1) is 0 Å². The lowest BCUT2D eigenvalue weighted by Gasteiger charge is -2.44. The van der Waals surface area contributed by atoms with E-state index >= 15 is 0 Å². The first kappa shape index (κ1) is 24.2. The second kappa shape index (κ2) is 12.0. The number of benzene rings is 3. The smallest absolute Gasteiger partial charge is 0.223 e. The van der Waals surface area contributed by atoms with E-state index in [9.17, 15) is 4.79 Å². The Labute approximate surface area is 204 Å².